The van der Waals surface area contributed by atoms with Crippen LogP contribution in [0.25, 0.3) is 0 Å². The largest absolute Gasteiger partial charge is 0.459 e. The van der Waals surface area contributed by atoms with E-state index in [9.17, 15) is 9.59 Å². The van der Waals surface area contributed by atoms with Gasteiger partial charge in [0.25, 0.3) is 11.8 Å². The van der Waals surface area contributed by atoms with Gasteiger partial charge in [0.1, 0.15) is 0 Å². The first-order chi connectivity index (χ1) is 14.1. The van der Waals surface area contributed by atoms with Gasteiger partial charge in [0.15, 0.2) is 5.76 Å². The van der Waals surface area contributed by atoms with Crippen LogP contribution in [-0.2, 0) is 4.74 Å². The minimum Gasteiger partial charge on any atom is -0.459 e. The number of piperidine rings is 1. The summed E-state index contributed by atoms with van der Waals surface area (Å²) < 4.78 is 10.2. The van der Waals surface area contributed by atoms with Crippen molar-refractivity contribution in [1.29, 1.82) is 0 Å². The summed E-state index contributed by atoms with van der Waals surface area (Å²) in [6, 6.07) is 8.74. The highest BCUT2D eigenvalue weighted by Gasteiger charge is 2.22. The highest BCUT2D eigenvalue weighted by Crippen LogP contribution is 2.29. The minimum atomic E-state index is -0.346. The van der Waals surface area contributed by atoms with Gasteiger partial charge in [-0.25, -0.2) is 0 Å². The molecule has 1 aromatic heterocycles. The molecule has 7 heteroatoms. The lowest BCUT2D eigenvalue weighted by Gasteiger charge is -2.33. The molecule has 7 nitrogen and oxygen atoms in total. The number of carbonyl (C=O) groups excluding carboxylic acids is 2. The Kier molecular flexibility index (Phi) is 7.30. The van der Waals surface area contributed by atoms with Crippen molar-refractivity contribution in [3.8, 4) is 0 Å². The molecule has 0 spiro atoms. The van der Waals surface area contributed by atoms with Crippen LogP contribution in [-0.4, -0.2) is 45.2 Å². The fourth-order valence-electron chi connectivity index (χ4n) is 3.44. The summed E-state index contributed by atoms with van der Waals surface area (Å²) in [5.41, 5.74) is 2.02. The Morgan fingerprint density at radius 2 is 2.00 bits per heavy atom. The van der Waals surface area contributed by atoms with Gasteiger partial charge in [-0.05, 0) is 55.5 Å². The van der Waals surface area contributed by atoms with Gasteiger partial charge in [-0.15, -0.1) is 0 Å². The summed E-state index contributed by atoms with van der Waals surface area (Å²) >= 11 is 0. The number of carbonyl (C=O) groups is 2. The maximum Gasteiger partial charge on any atom is 0.291 e. The molecule has 0 aliphatic carbocycles. The average Bonchev–Trinajstić information content (AvgIpc) is 3.27. The molecule has 1 aliphatic heterocycles. The van der Waals surface area contributed by atoms with Crippen molar-refractivity contribution in [3.63, 3.8) is 0 Å². The molecule has 1 aromatic carbocycles. The van der Waals surface area contributed by atoms with Gasteiger partial charge in [-0.1, -0.05) is 6.92 Å². The molecule has 0 atom stereocenters. The normalized spacial score (nSPS) is 14.6. The number of nitrogens with one attached hydrogen (secondary N) is 2. The standard InChI is InChI=1S/C22H29N3O4/c1-16-8-11-25(12-9-16)19-7-6-17(24-22(27)20-5-3-14-29-20)15-18(19)21(26)23-10-4-13-28-2/h3,5-7,14-16H,4,8-13H2,1-2H3,(H,23,26)(H,24,27). The monoisotopic (exact) mass is 399 g/mol. The van der Waals surface area contributed by atoms with Crippen molar-refractivity contribution < 1.29 is 18.7 Å². The highest BCUT2D eigenvalue weighted by molar-refractivity contribution is 6.05. The third kappa shape index (κ3) is 5.60. The summed E-state index contributed by atoms with van der Waals surface area (Å²) in [7, 11) is 1.64. The number of methoxy groups -OCH3 is 1. The Balaban J connectivity index is 1.79. The van der Waals surface area contributed by atoms with Crippen molar-refractivity contribution in [3.05, 3.63) is 47.9 Å². The Morgan fingerprint density at radius 1 is 1.21 bits per heavy atom. The van der Waals surface area contributed by atoms with Crippen LogP contribution in [0.3, 0.4) is 0 Å². The SMILES string of the molecule is COCCCNC(=O)c1cc(NC(=O)c2ccco2)ccc1N1CCC(C)CC1. The van der Waals surface area contributed by atoms with Gasteiger partial charge in [0, 0.05) is 44.7 Å². The van der Waals surface area contributed by atoms with Crippen molar-refractivity contribution in [2.75, 3.05) is 43.6 Å². The van der Waals surface area contributed by atoms with E-state index in [1.165, 1.54) is 6.26 Å². The van der Waals surface area contributed by atoms with E-state index < -0.39 is 0 Å². The van der Waals surface area contributed by atoms with Crippen LogP contribution < -0.4 is 15.5 Å². The maximum absolute atomic E-state index is 12.9. The molecule has 2 aromatic rings. The second kappa shape index (κ2) is 10.1. The summed E-state index contributed by atoms with van der Waals surface area (Å²) in [6.45, 7) is 5.23. The summed E-state index contributed by atoms with van der Waals surface area (Å²) in [5, 5.41) is 5.76. The van der Waals surface area contributed by atoms with Crippen LogP contribution in [0.1, 0.15) is 47.1 Å². The molecule has 2 heterocycles. The van der Waals surface area contributed by atoms with Crippen LogP contribution in [0.15, 0.2) is 41.0 Å². The van der Waals surface area contributed by atoms with E-state index in [1.807, 2.05) is 12.1 Å². The summed E-state index contributed by atoms with van der Waals surface area (Å²) in [6.07, 6.45) is 4.40. The summed E-state index contributed by atoms with van der Waals surface area (Å²) in [5.74, 6) is 0.430. The Hall–Kier alpha value is -2.80. The highest BCUT2D eigenvalue weighted by atomic mass is 16.5. The molecule has 156 valence electrons. The molecule has 3 rings (SSSR count). The number of furan rings is 1. The smallest absolute Gasteiger partial charge is 0.291 e. The van der Waals surface area contributed by atoms with Gasteiger partial charge >= 0.3 is 0 Å². The van der Waals surface area contributed by atoms with E-state index in [4.69, 9.17) is 9.15 Å². The van der Waals surface area contributed by atoms with Gasteiger partial charge in [0.2, 0.25) is 0 Å². The number of hydrogen-bond donors (Lipinski definition) is 2. The fourth-order valence-corrected chi connectivity index (χ4v) is 3.44. The molecule has 2 N–H and O–H groups in total. The zero-order chi connectivity index (χ0) is 20.6. The molecule has 1 fully saturated rings. The predicted octanol–water partition coefficient (Wildman–Crippen LogP) is 3.53. The van der Waals surface area contributed by atoms with Crippen molar-refractivity contribution in [2.45, 2.75) is 26.2 Å². The molecule has 1 aliphatic rings. The first-order valence-corrected chi connectivity index (χ1v) is 10.1. The first kappa shape index (κ1) is 20.9. The Labute approximate surface area is 171 Å². The lowest BCUT2D eigenvalue weighted by atomic mass is 9.97. The van der Waals surface area contributed by atoms with E-state index in [-0.39, 0.29) is 17.6 Å². The molecule has 0 saturated carbocycles. The number of ether oxygens (including phenoxy) is 1. The van der Waals surface area contributed by atoms with Gasteiger partial charge in [-0.3, -0.25) is 9.59 Å². The molecule has 29 heavy (non-hydrogen) atoms. The molecule has 0 radical (unpaired) electrons. The maximum atomic E-state index is 12.9. The third-order valence-electron chi connectivity index (χ3n) is 5.18. The number of hydrogen-bond acceptors (Lipinski definition) is 5. The lowest BCUT2D eigenvalue weighted by molar-refractivity contribution is 0.0947. The van der Waals surface area contributed by atoms with Crippen molar-refractivity contribution >= 4 is 23.2 Å². The van der Waals surface area contributed by atoms with Crippen LogP contribution in [0, 0.1) is 5.92 Å². The van der Waals surface area contributed by atoms with Crippen LogP contribution in [0.5, 0.6) is 0 Å². The average molecular weight is 399 g/mol. The lowest BCUT2D eigenvalue weighted by Crippen LogP contribution is -2.35. The molecular weight excluding hydrogens is 370 g/mol. The van der Waals surface area contributed by atoms with Gasteiger partial charge in [-0.2, -0.15) is 0 Å². The molecule has 0 bridgehead atoms. The van der Waals surface area contributed by atoms with Crippen LogP contribution in [0.4, 0.5) is 11.4 Å². The Bertz CT molecular complexity index is 811. The minimum absolute atomic E-state index is 0.149. The predicted molar refractivity (Wildman–Crippen MR) is 113 cm³/mol. The molecule has 1 saturated heterocycles. The van der Waals surface area contributed by atoms with Gasteiger partial charge in [0.05, 0.1) is 11.8 Å². The molecule has 0 unspecified atom stereocenters. The number of anilines is 2. The van der Waals surface area contributed by atoms with E-state index in [0.717, 1.165) is 38.0 Å². The quantitative estimate of drug-likeness (QED) is 0.664. The number of nitrogens with zero attached hydrogens (tertiary/aromatic N) is 1. The first-order valence-electron chi connectivity index (χ1n) is 10.1. The van der Waals surface area contributed by atoms with E-state index >= 15 is 0 Å². The van der Waals surface area contributed by atoms with Crippen molar-refractivity contribution in [1.82, 2.24) is 5.32 Å². The zero-order valence-corrected chi connectivity index (χ0v) is 17.1. The number of amides is 2. The van der Waals surface area contributed by atoms with E-state index in [2.05, 4.69) is 22.5 Å². The molecule has 2 amide bonds. The van der Waals surface area contributed by atoms with E-state index in [0.29, 0.717) is 30.3 Å². The molecular formula is C22H29N3O4. The van der Waals surface area contributed by atoms with Crippen LogP contribution >= 0.6 is 0 Å². The Morgan fingerprint density at radius 3 is 2.69 bits per heavy atom. The van der Waals surface area contributed by atoms with Crippen LogP contribution in [0.2, 0.25) is 0 Å². The van der Waals surface area contributed by atoms with Gasteiger partial charge < -0.3 is 24.7 Å². The number of benzene rings is 1. The number of rotatable bonds is 8. The topological polar surface area (TPSA) is 83.8 Å². The third-order valence-corrected chi connectivity index (χ3v) is 5.18. The van der Waals surface area contributed by atoms with Crippen molar-refractivity contribution in [2.24, 2.45) is 5.92 Å². The summed E-state index contributed by atoms with van der Waals surface area (Å²) in [4.78, 5) is 27.4. The second-order valence-electron chi connectivity index (χ2n) is 7.44. The second-order valence-corrected chi connectivity index (χ2v) is 7.44. The van der Waals surface area contributed by atoms with E-state index in [1.54, 1.807) is 25.3 Å². The fraction of sp³-hybridized carbons (Fsp3) is 0.455. The zero-order valence-electron chi connectivity index (χ0n) is 17.1.